The number of fused-ring (bicyclic) bond motifs is 1. The zero-order valence-corrected chi connectivity index (χ0v) is 10.9. The topological polar surface area (TPSA) is 86.2 Å². The van der Waals surface area contributed by atoms with Crippen LogP contribution in [0.2, 0.25) is 0 Å². The summed E-state index contributed by atoms with van der Waals surface area (Å²) in [6.07, 6.45) is 0.224. The largest absolute Gasteiger partial charge is 0.408 e. The molecule has 6 nitrogen and oxygen atoms in total. The molecule has 0 aliphatic heterocycles. The van der Waals surface area contributed by atoms with Gasteiger partial charge in [0.15, 0.2) is 0 Å². The average molecular weight is 282 g/mol. The Labute approximate surface area is 118 Å². The van der Waals surface area contributed by atoms with Gasteiger partial charge in [-0.15, -0.1) is 0 Å². The fourth-order valence-corrected chi connectivity index (χ4v) is 2.09. The lowest BCUT2D eigenvalue weighted by Gasteiger charge is -2.02. The Morgan fingerprint density at radius 3 is 2.76 bits per heavy atom. The van der Waals surface area contributed by atoms with Crippen LogP contribution in [0.5, 0.6) is 0 Å². The Balaban J connectivity index is 2.00. The summed E-state index contributed by atoms with van der Waals surface area (Å²) in [5.74, 6) is 0.235. The van der Waals surface area contributed by atoms with Crippen LogP contribution in [0, 0.1) is 10.1 Å². The molecule has 0 fully saturated rings. The van der Waals surface area contributed by atoms with Crippen molar-refractivity contribution in [2.75, 3.05) is 0 Å². The normalized spacial score (nSPS) is 10.7. The van der Waals surface area contributed by atoms with E-state index in [1.165, 1.54) is 12.1 Å². The van der Waals surface area contributed by atoms with E-state index in [4.69, 9.17) is 4.42 Å². The van der Waals surface area contributed by atoms with Crippen molar-refractivity contribution < 1.29 is 9.34 Å². The summed E-state index contributed by atoms with van der Waals surface area (Å²) in [5, 5.41) is 11.2. The van der Waals surface area contributed by atoms with Crippen molar-refractivity contribution in [3.63, 3.8) is 0 Å². The first-order chi connectivity index (χ1) is 10.1. The maximum atomic E-state index is 11.9. The van der Waals surface area contributed by atoms with E-state index < -0.39 is 10.5 Å². The lowest BCUT2D eigenvalue weighted by atomic mass is 10.1. The van der Waals surface area contributed by atoms with Gasteiger partial charge in [0.05, 0.1) is 15.8 Å². The second-order valence-corrected chi connectivity index (χ2v) is 4.52. The molecule has 3 rings (SSSR count). The van der Waals surface area contributed by atoms with Crippen molar-refractivity contribution in [3.8, 4) is 0 Å². The third-order valence-corrected chi connectivity index (χ3v) is 3.06. The summed E-state index contributed by atoms with van der Waals surface area (Å²) in [6, 6.07) is 13.1. The molecule has 1 aromatic heterocycles. The molecule has 0 atom stereocenters. The first-order valence-corrected chi connectivity index (χ1v) is 6.25. The second kappa shape index (κ2) is 5.16. The molecule has 0 aliphatic carbocycles. The summed E-state index contributed by atoms with van der Waals surface area (Å²) >= 11 is 0. The van der Waals surface area contributed by atoms with Crippen molar-refractivity contribution in [3.05, 3.63) is 80.5 Å². The Kier molecular flexibility index (Phi) is 3.19. The van der Waals surface area contributed by atoms with Crippen LogP contribution >= 0.6 is 0 Å². The standard InChI is InChI=1S/C15H10N2O4/c18-15-12-6-1-2-7-13(12)16-14(21-15)9-10-4-3-5-11(8-10)17(19)20/h1-8H,9H2. The zero-order chi connectivity index (χ0) is 14.8. The average Bonchev–Trinajstić information content (AvgIpc) is 2.47. The number of benzene rings is 2. The highest BCUT2D eigenvalue weighted by Crippen LogP contribution is 2.16. The minimum atomic E-state index is -0.465. The van der Waals surface area contributed by atoms with Gasteiger partial charge >= 0.3 is 5.63 Å². The molecule has 0 amide bonds. The van der Waals surface area contributed by atoms with E-state index >= 15 is 0 Å². The molecule has 0 aliphatic rings. The predicted molar refractivity (Wildman–Crippen MR) is 76.2 cm³/mol. The molecule has 0 N–H and O–H groups in total. The smallest absolute Gasteiger partial charge is 0.346 e. The molecule has 104 valence electrons. The molecule has 6 heteroatoms. The molecule has 3 aromatic rings. The highest BCUT2D eigenvalue weighted by atomic mass is 16.6. The molecule has 1 heterocycles. The number of non-ortho nitro benzene ring substituents is 1. The Morgan fingerprint density at radius 2 is 1.95 bits per heavy atom. The van der Waals surface area contributed by atoms with Crippen molar-refractivity contribution in [1.82, 2.24) is 4.98 Å². The zero-order valence-electron chi connectivity index (χ0n) is 10.9. The minimum absolute atomic E-state index is 0.00404. The number of aromatic nitrogens is 1. The van der Waals surface area contributed by atoms with Crippen LogP contribution in [0.1, 0.15) is 11.5 Å². The third-order valence-electron chi connectivity index (χ3n) is 3.06. The summed E-state index contributed by atoms with van der Waals surface area (Å²) < 4.78 is 5.16. The maximum Gasteiger partial charge on any atom is 0.346 e. The molecule has 0 bridgehead atoms. The molecule has 0 saturated carbocycles. The van der Waals surface area contributed by atoms with Crippen molar-refractivity contribution >= 4 is 16.6 Å². The second-order valence-electron chi connectivity index (χ2n) is 4.52. The van der Waals surface area contributed by atoms with Gasteiger partial charge in [-0.2, -0.15) is 0 Å². The van der Waals surface area contributed by atoms with Crippen LogP contribution in [-0.4, -0.2) is 9.91 Å². The number of para-hydroxylation sites is 1. The summed E-state index contributed by atoms with van der Waals surface area (Å²) in [4.78, 5) is 26.4. The summed E-state index contributed by atoms with van der Waals surface area (Å²) in [7, 11) is 0. The molecule has 21 heavy (non-hydrogen) atoms. The van der Waals surface area contributed by atoms with Crippen LogP contribution in [0.25, 0.3) is 10.9 Å². The van der Waals surface area contributed by atoms with Gasteiger partial charge in [-0.1, -0.05) is 24.3 Å². The first-order valence-electron chi connectivity index (χ1n) is 6.25. The van der Waals surface area contributed by atoms with Crippen molar-refractivity contribution in [1.29, 1.82) is 0 Å². The van der Waals surface area contributed by atoms with E-state index in [0.29, 0.717) is 16.5 Å². The van der Waals surface area contributed by atoms with Gasteiger partial charge in [0, 0.05) is 18.6 Å². The van der Waals surface area contributed by atoms with Crippen LogP contribution in [0.4, 0.5) is 5.69 Å². The number of hydrogen-bond acceptors (Lipinski definition) is 5. The Hall–Kier alpha value is -3.02. The van der Waals surface area contributed by atoms with Crippen LogP contribution in [-0.2, 0) is 6.42 Å². The quantitative estimate of drug-likeness (QED) is 0.544. The Bertz CT molecular complexity index is 886. The van der Waals surface area contributed by atoms with Gasteiger partial charge in [-0.25, -0.2) is 9.78 Å². The molecular formula is C15H10N2O4. The van der Waals surface area contributed by atoms with Gasteiger partial charge in [0.1, 0.15) is 0 Å². The number of nitro benzene ring substituents is 1. The molecule has 0 saturated heterocycles. The Morgan fingerprint density at radius 1 is 1.14 bits per heavy atom. The SMILES string of the molecule is O=c1oc(Cc2cccc([N+](=O)[O-])c2)nc2ccccc12. The molecule has 2 aromatic carbocycles. The number of nitrogens with zero attached hydrogens (tertiary/aromatic N) is 2. The highest BCUT2D eigenvalue weighted by Gasteiger charge is 2.10. The summed E-state index contributed by atoms with van der Waals surface area (Å²) in [6.45, 7) is 0. The number of rotatable bonds is 3. The van der Waals surface area contributed by atoms with Crippen LogP contribution in [0.15, 0.2) is 57.7 Å². The lowest BCUT2D eigenvalue weighted by Crippen LogP contribution is -2.05. The van der Waals surface area contributed by atoms with E-state index in [9.17, 15) is 14.9 Å². The molecule has 0 unspecified atom stereocenters. The van der Waals surface area contributed by atoms with Gasteiger partial charge in [0.25, 0.3) is 5.69 Å². The van der Waals surface area contributed by atoms with Gasteiger partial charge in [-0.3, -0.25) is 10.1 Å². The van der Waals surface area contributed by atoms with E-state index in [-0.39, 0.29) is 18.0 Å². The summed E-state index contributed by atoms with van der Waals surface area (Å²) in [5.41, 5.74) is 0.751. The van der Waals surface area contributed by atoms with E-state index in [1.54, 1.807) is 36.4 Å². The predicted octanol–water partition coefficient (Wildman–Crippen LogP) is 2.69. The van der Waals surface area contributed by atoms with Gasteiger partial charge in [0.2, 0.25) is 5.89 Å². The third kappa shape index (κ3) is 2.64. The number of hydrogen-bond donors (Lipinski definition) is 0. The lowest BCUT2D eigenvalue weighted by molar-refractivity contribution is -0.384. The molecule has 0 radical (unpaired) electrons. The molecular weight excluding hydrogens is 272 g/mol. The van der Waals surface area contributed by atoms with Crippen molar-refractivity contribution in [2.24, 2.45) is 0 Å². The van der Waals surface area contributed by atoms with Crippen LogP contribution < -0.4 is 5.63 Å². The van der Waals surface area contributed by atoms with E-state index in [0.717, 1.165) is 0 Å². The maximum absolute atomic E-state index is 11.9. The highest BCUT2D eigenvalue weighted by molar-refractivity contribution is 5.76. The van der Waals surface area contributed by atoms with Crippen molar-refractivity contribution in [2.45, 2.75) is 6.42 Å². The van der Waals surface area contributed by atoms with E-state index in [2.05, 4.69) is 4.98 Å². The first kappa shape index (κ1) is 13.0. The minimum Gasteiger partial charge on any atom is -0.408 e. The van der Waals surface area contributed by atoms with Gasteiger partial charge < -0.3 is 4.42 Å². The molecule has 0 spiro atoms. The fourth-order valence-electron chi connectivity index (χ4n) is 2.09. The number of nitro groups is 1. The van der Waals surface area contributed by atoms with Crippen LogP contribution in [0.3, 0.4) is 0 Å². The fraction of sp³-hybridized carbons (Fsp3) is 0.0667. The van der Waals surface area contributed by atoms with E-state index in [1.807, 2.05) is 0 Å². The monoisotopic (exact) mass is 282 g/mol. The van der Waals surface area contributed by atoms with Gasteiger partial charge in [-0.05, 0) is 17.7 Å².